The lowest BCUT2D eigenvalue weighted by atomic mass is 10.0. The molecule has 4 heteroatoms. The van der Waals surface area contributed by atoms with E-state index >= 15 is 0 Å². The average Bonchev–Trinajstić information content (AvgIpc) is 2.95. The van der Waals surface area contributed by atoms with Gasteiger partial charge in [0.05, 0.1) is 0 Å². The summed E-state index contributed by atoms with van der Waals surface area (Å²) in [6, 6.07) is 5.63. The molecule has 1 fully saturated rings. The van der Waals surface area contributed by atoms with E-state index in [9.17, 15) is 9.59 Å². The van der Waals surface area contributed by atoms with Gasteiger partial charge in [-0.05, 0) is 37.8 Å². The monoisotopic (exact) mass is 288 g/mol. The second-order valence-electron chi connectivity index (χ2n) is 6.01. The molecule has 0 saturated heterocycles. The number of carbonyl (C=O) groups excluding carboxylic acids is 2. The van der Waals surface area contributed by atoms with Crippen LogP contribution in [0.5, 0.6) is 0 Å². The van der Waals surface area contributed by atoms with Gasteiger partial charge >= 0.3 is 0 Å². The minimum atomic E-state index is -0.262. The molecule has 0 radical (unpaired) electrons. The average molecular weight is 288 g/mol. The minimum Gasteiger partial charge on any atom is -0.273 e. The van der Waals surface area contributed by atoms with Crippen LogP contribution in [-0.2, 0) is 4.79 Å². The summed E-state index contributed by atoms with van der Waals surface area (Å²) in [7, 11) is 0. The third-order valence-electron chi connectivity index (χ3n) is 4.20. The predicted molar refractivity (Wildman–Crippen MR) is 82.7 cm³/mol. The molecule has 2 rings (SSSR count). The van der Waals surface area contributed by atoms with Crippen LogP contribution in [0.3, 0.4) is 0 Å². The Kier molecular flexibility index (Phi) is 5.37. The maximum atomic E-state index is 12.0. The second kappa shape index (κ2) is 7.25. The lowest BCUT2D eigenvalue weighted by Gasteiger charge is -2.11. The number of hydrogen-bond donors (Lipinski definition) is 2. The molecule has 0 atom stereocenters. The van der Waals surface area contributed by atoms with Gasteiger partial charge < -0.3 is 0 Å². The molecule has 2 N–H and O–H groups in total. The van der Waals surface area contributed by atoms with Crippen LogP contribution in [0.1, 0.15) is 60.0 Å². The van der Waals surface area contributed by atoms with Crippen molar-refractivity contribution >= 4 is 11.8 Å². The summed E-state index contributed by atoms with van der Waals surface area (Å²) in [5.74, 6) is 0.313. The third-order valence-corrected chi connectivity index (χ3v) is 4.20. The molecule has 2 amide bonds. The van der Waals surface area contributed by atoms with Gasteiger partial charge in [-0.25, -0.2) is 0 Å². The highest BCUT2D eigenvalue weighted by atomic mass is 16.2. The number of aryl methyl sites for hydroxylation is 2. The Balaban J connectivity index is 1.76. The fraction of sp³-hybridized carbons (Fsp3) is 0.529. The summed E-state index contributed by atoms with van der Waals surface area (Å²) in [5.41, 5.74) is 7.62. The van der Waals surface area contributed by atoms with E-state index in [2.05, 4.69) is 10.9 Å². The Bertz CT molecular complexity index is 520. The van der Waals surface area contributed by atoms with Gasteiger partial charge in [0.1, 0.15) is 0 Å². The van der Waals surface area contributed by atoms with Gasteiger partial charge in [-0.2, -0.15) is 0 Å². The van der Waals surface area contributed by atoms with Crippen LogP contribution < -0.4 is 10.9 Å². The Labute approximate surface area is 126 Å². The summed E-state index contributed by atoms with van der Waals surface area (Å²) in [6.45, 7) is 3.88. The van der Waals surface area contributed by atoms with Crippen molar-refractivity contribution in [2.45, 2.75) is 52.4 Å². The molecule has 0 bridgehead atoms. The topological polar surface area (TPSA) is 58.2 Å². The molecule has 21 heavy (non-hydrogen) atoms. The highest BCUT2D eigenvalue weighted by Crippen LogP contribution is 2.28. The summed E-state index contributed by atoms with van der Waals surface area (Å²) >= 11 is 0. The molecule has 4 nitrogen and oxygen atoms in total. The smallest absolute Gasteiger partial charge is 0.269 e. The third kappa shape index (κ3) is 4.59. The van der Waals surface area contributed by atoms with Gasteiger partial charge in [0.2, 0.25) is 5.91 Å². The van der Waals surface area contributed by atoms with Crippen molar-refractivity contribution in [1.29, 1.82) is 0 Å². The van der Waals surface area contributed by atoms with Crippen molar-refractivity contribution in [3.8, 4) is 0 Å². The number of rotatable bonds is 4. The second-order valence-corrected chi connectivity index (χ2v) is 6.01. The number of amides is 2. The van der Waals surface area contributed by atoms with Crippen molar-refractivity contribution < 1.29 is 9.59 Å². The zero-order chi connectivity index (χ0) is 15.2. The van der Waals surface area contributed by atoms with E-state index in [0.29, 0.717) is 17.9 Å². The van der Waals surface area contributed by atoms with Gasteiger partial charge in [0.25, 0.3) is 5.91 Å². The molecule has 1 aliphatic carbocycles. The van der Waals surface area contributed by atoms with Gasteiger partial charge in [-0.3, -0.25) is 20.4 Å². The Morgan fingerprint density at radius 2 is 1.86 bits per heavy atom. The van der Waals surface area contributed by atoms with Crippen LogP contribution in [0.2, 0.25) is 0 Å². The summed E-state index contributed by atoms with van der Waals surface area (Å²) in [6.07, 6.45) is 6.46. The molecule has 1 saturated carbocycles. The van der Waals surface area contributed by atoms with Crippen LogP contribution in [-0.4, -0.2) is 11.8 Å². The van der Waals surface area contributed by atoms with Crippen molar-refractivity contribution in [3.63, 3.8) is 0 Å². The molecule has 1 aromatic rings. The summed E-state index contributed by atoms with van der Waals surface area (Å²) in [5, 5.41) is 0. The Morgan fingerprint density at radius 3 is 2.52 bits per heavy atom. The highest BCUT2D eigenvalue weighted by Gasteiger charge is 2.16. The standard InChI is InChI=1S/C17H24N2O2/c1-12-7-9-15(13(2)11-12)17(21)19-18-16(20)10-8-14-5-3-4-6-14/h7,9,11,14H,3-6,8,10H2,1-2H3,(H,18,20)(H,19,21). The minimum absolute atomic E-state index is 0.111. The molecular formula is C17H24N2O2. The highest BCUT2D eigenvalue weighted by molar-refractivity contribution is 5.96. The number of hydrazine groups is 1. The van der Waals surface area contributed by atoms with E-state index in [0.717, 1.165) is 17.5 Å². The number of nitrogens with one attached hydrogen (secondary N) is 2. The van der Waals surface area contributed by atoms with E-state index in [-0.39, 0.29) is 11.8 Å². The van der Waals surface area contributed by atoms with E-state index in [1.807, 2.05) is 26.0 Å². The van der Waals surface area contributed by atoms with E-state index in [1.54, 1.807) is 6.07 Å². The SMILES string of the molecule is Cc1ccc(C(=O)NNC(=O)CCC2CCCC2)c(C)c1. The van der Waals surface area contributed by atoms with Crippen molar-refractivity contribution in [1.82, 2.24) is 10.9 Å². The van der Waals surface area contributed by atoms with Gasteiger partial charge in [0, 0.05) is 12.0 Å². The normalized spacial score (nSPS) is 15.0. The van der Waals surface area contributed by atoms with Gasteiger partial charge in [-0.15, -0.1) is 0 Å². The first-order chi connectivity index (χ1) is 10.1. The largest absolute Gasteiger partial charge is 0.273 e. The molecule has 0 aromatic heterocycles. The summed E-state index contributed by atoms with van der Waals surface area (Å²) in [4.78, 5) is 23.8. The van der Waals surface area contributed by atoms with E-state index < -0.39 is 0 Å². The molecule has 0 aliphatic heterocycles. The molecule has 114 valence electrons. The molecule has 0 spiro atoms. The van der Waals surface area contributed by atoms with Crippen molar-refractivity contribution in [3.05, 3.63) is 34.9 Å². The fourth-order valence-corrected chi connectivity index (χ4v) is 2.96. The first-order valence-corrected chi connectivity index (χ1v) is 7.72. The zero-order valence-electron chi connectivity index (χ0n) is 12.9. The predicted octanol–water partition coefficient (Wildman–Crippen LogP) is 3.03. The van der Waals surface area contributed by atoms with Crippen LogP contribution in [0.15, 0.2) is 18.2 Å². The van der Waals surface area contributed by atoms with Crippen LogP contribution in [0, 0.1) is 19.8 Å². The molecular weight excluding hydrogens is 264 g/mol. The number of hydrogen-bond acceptors (Lipinski definition) is 2. The fourth-order valence-electron chi connectivity index (χ4n) is 2.96. The molecule has 0 unspecified atom stereocenters. The Hall–Kier alpha value is -1.84. The molecule has 1 aliphatic rings. The molecule has 0 heterocycles. The Morgan fingerprint density at radius 1 is 1.14 bits per heavy atom. The van der Waals surface area contributed by atoms with Gasteiger partial charge in [-0.1, -0.05) is 43.4 Å². The van der Waals surface area contributed by atoms with Gasteiger partial charge in [0.15, 0.2) is 0 Å². The number of carbonyl (C=O) groups is 2. The quantitative estimate of drug-likeness (QED) is 0.837. The summed E-state index contributed by atoms with van der Waals surface area (Å²) < 4.78 is 0. The van der Waals surface area contributed by atoms with E-state index in [1.165, 1.54) is 25.7 Å². The van der Waals surface area contributed by atoms with Crippen molar-refractivity contribution in [2.24, 2.45) is 5.92 Å². The first-order valence-electron chi connectivity index (χ1n) is 7.72. The van der Waals surface area contributed by atoms with Crippen molar-refractivity contribution in [2.75, 3.05) is 0 Å². The lowest BCUT2D eigenvalue weighted by Crippen LogP contribution is -2.41. The van der Waals surface area contributed by atoms with Crippen LogP contribution >= 0.6 is 0 Å². The zero-order valence-corrected chi connectivity index (χ0v) is 12.9. The maximum Gasteiger partial charge on any atom is 0.269 e. The van der Waals surface area contributed by atoms with Crippen LogP contribution in [0.25, 0.3) is 0 Å². The molecule has 1 aromatic carbocycles. The van der Waals surface area contributed by atoms with Crippen LogP contribution in [0.4, 0.5) is 0 Å². The van der Waals surface area contributed by atoms with E-state index in [4.69, 9.17) is 0 Å². The lowest BCUT2D eigenvalue weighted by molar-refractivity contribution is -0.122. The number of benzene rings is 1. The first kappa shape index (κ1) is 15.5. The maximum absolute atomic E-state index is 12.0.